The van der Waals surface area contributed by atoms with Crippen LogP contribution in [0.3, 0.4) is 0 Å². The molecule has 0 amide bonds. The molecule has 1 atom stereocenters. The summed E-state index contributed by atoms with van der Waals surface area (Å²) in [6.45, 7) is 9.87. The topological polar surface area (TPSA) is 50.1 Å². The quantitative estimate of drug-likeness (QED) is 0.434. The van der Waals surface area contributed by atoms with Gasteiger partial charge in [0, 0.05) is 0 Å². The highest BCUT2D eigenvalue weighted by molar-refractivity contribution is 4.61. The van der Waals surface area contributed by atoms with Crippen molar-refractivity contribution in [1.29, 1.82) is 0 Å². The zero-order valence-electron chi connectivity index (χ0n) is 11.9. The Balaban J connectivity index is 3.19. The molecule has 17 heavy (non-hydrogen) atoms. The molecule has 3 nitrogen and oxygen atoms in total. The summed E-state index contributed by atoms with van der Waals surface area (Å²) in [5, 5.41) is 6.97. The van der Waals surface area contributed by atoms with Gasteiger partial charge in [-0.25, -0.2) is 0 Å². The molecule has 3 heteroatoms. The average molecular weight is 243 g/mol. The maximum Gasteiger partial charge on any atom is -0.00206 e. The van der Waals surface area contributed by atoms with Crippen LogP contribution in [-0.2, 0) is 0 Å². The van der Waals surface area contributed by atoms with Gasteiger partial charge in [-0.15, -0.1) is 0 Å². The van der Waals surface area contributed by atoms with E-state index in [1.54, 1.807) is 0 Å². The fourth-order valence-corrected chi connectivity index (χ4v) is 1.94. The highest BCUT2D eigenvalue weighted by Gasteiger charge is 2.04. The monoisotopic (exact) mass is 243 g/mol. The molecule has 0 fully saturated rings. The zero-order valence-corrected chi connectivity index (χ0v) is 11.9. The number of hydrogen-bond donors (Lipinski definition) is 3. The first-order valence-electron chi connectivity index (χ1n) is 7.46. The summed E-state index contributed by atoms with van der Waals surface area (Å²) in [7, 11) is 0. The van der Waals surface area contributed by atoms with E-state index >= 15 is 0 Å². The van der Waals surface area contributed by atoms with E-state index in [1.165, 1.54) is 38.6 Å². The molecule has 0 aliphatic carbocycles. The van der Waals surface area contributed by atoms with Gasteiger partial charge in [0.25, 0.3) is 0 Å². The molecule has 0 aromatic carbocycles. The first kappa shape index (κ1) is 16.9. The third-order valence-electron chi connectivity index (χ3n) is 3.24. The molecule has 0 bridgehead atoms. The lowest BCUT2D eigenvalue weighted by molar-refractivity contribution is 0.417. The van der Waals surface area contributed by atoms with Crippen molar-refractivity contribution in [3.05, 3.63) is 0 Å². The van der Waals surface area contributed by atoms with Gasteiger partial charge in [-0.1, -0.05) is 33.1 Å². The number of hydrogen-bond acceptors (Lipinski definition) is 3. The summed E-state index contributed by atoms with van der Waals surface area (Å²) in [6, 6.07) is 0. The van der Waals surface area contributed by atoms with E-state index in [0.29, 0.717) is 0 Å². The lowest BCUT2D eigenvalue weighted by Gasteiger charge is -2.15. The van der Waals surface area contributed by atoms with Crippen molar-refractivity contribution >= 4 is 0 Å². The predicted molar refractivity (Wildman–Crippen MR) is 77.3 cm³/mol. The van der Waals surface area contributed by atoms with Gasteiger partial charge < -0.3 is 16.4 Å². The van der Waals surface area contributed by atoms with Crippen LogP contribution in [0, 0.1) is 5.92 Å². The molecular weight excluding hydrogens is 210 g/mol. The van der Waals surface area contributed by atoms with E-state index in [4.69, 9.17) is 5.73 Å². The van der Waals surface area contributed by atoms with Crippen molar-refractivity contribution < 1.29 is 0 Å². The van der Waals surface area contributed by atoms with Crippen LogP contribution in [0.25, 0.3) is 0 Å². The van der Waals surface area contributed by atoms with E-state index in [9.17, 15) is 0 Å². The van der Waals surface area contributed by atoms with Gasteiger partial charge in [0.15, 0.2) is 0 Å². The molecule has 0 aromatic rings. The van der Waals surface area contributed by atoms with E-state index in [2.05, 4.69) is 24.5 Å². The molecule has 0 saturated heterocycles. The largest absolute Gasteiger partial charge is 0.330 e. The maximum atomic E-state index is 5.43. The summed E-state index contributed by atoms with van der Waals surface area (Å²) >= 11 is 0. The Morgan fingerprint density at radius 2 is 1.65 bits per heavy atom. The molecular formula is C14H33N3. The minimum atomic E-state index is 0.793. The summed E-state index contributed by atoms with van der Waals surface area (Å²) in [6.07, 6.45) is 7.69. The van der Waals surface area contributed by atoms with Crippen LogP contribution < -0.4 is 16.4 Å². The number of rotatable bonds is 13. The van der Waals surface area contributed by atoms with Crippen molar-refractivity contribution in [3.8, 4) is 0 Å². The second-order valence-corrected chi connectivity index (χ2v) is 4.87. The summed E-state index contributed by atoms with van der Waals surface area (Å²) in [5.74, 6) is 0.875. The van der Waals surface area contributed by atoms with Gasteiger partial charge in [-0.2, -0.15) is 0 Å². The summed E-state index contributed by atoms with van der Waals surface area (Å²) in [4.78, 5) is 0. The van der Waals surface area contributed by atoms with Crippen LogP contribution in [0.2, 0.25) is 0 Å². The van der Waals surface area contributed by atoms with Crippen molar-refractivity contribution in [2.45, 2.75) is 52.4 Å². The maximum absolute atomic E-state index is 5.43. The molecule has 0 aromatic heterocycles. The van der Waals surface area contributed by atoms with Gasteiger partial charge in [0.05, 0.1) is 0 Å². The molecule has 0 saturated carbocycles. The second kappa shape index (κ2) is 13.9. The highest BCUT2D eigenvalue weighted by atomic mass is 14.9. The molecule has 0 rings (SSSR count). The van der Waals surface area contributed by atoms with Crippen LogP contribution in [-0.4, -0.2) is 32.7 Å². The Hall–Kier alpha value is -0.120. The summed E-state index contributed by atoms with van der Waals surface area (Å²) in [5.41, 5.74) is 5.43. The van der Waals surface area contributed by atoms with Gasteiger partial charge in [-0.3, -0.25) is 0 Å². The van der Waals surface area contributed by atoms with Gasteiger partial charge in [-0.05, 0) is 57.9 Å². The fourth-order valence-electron chi connectivity index (χ4n) is 1.94. The molecule has 0 heterocycles. The normalized spacial score (nSPS) is 12.9. The van der Waals surface area contributed by atoms with Crippen molar-refractivity contribution in [3.63, 3.8) is 0 Å². The average Bonchev–Trinajstić information content (AvgIpc) is 2.36. The Labute approximate surface area is 108 Å². The fraction of sp³-hybridized carbons (Fsp3) is 1.00. The molecule has 1 unspecified atom stereocenters. The van der Waals surface area contributed by atoms with Crippen LogP contribution in [0.15, 0.2) is 0 Å². The molecule has 0 spiro atoms. The lowest BCUT2D eigenvalue weighted by Crippen LogP contribution is -2.27. The molecule has 0 aliphatic heterocycles. The molecule has 0 radical (unpaired) electrons. The number of nitrogens with two attached hydrogens (primary N) is 1. The van der Waals surface area contributed by atoms with Crippen LogP contribution in [0.4, 0.5) is 0 Å². The minimum Gasteiger partial charge on any atom is -0.330 e. The Morgan fingerprint density at radius 3 is 2.29 bits per heavy atom. The van der Waals surface area contributed by atoms with Gasteiger partial charge in [0.1, 0.15) is 0 Å². The van der Waals surface area contributed by atoms with Crippen LogP contribution >= 0.6 is 0 Å². The predicted octanol–water partition coefficient (Wildman–Crippen LogP) is 2.12. The number of unbranched alkanes of at least 4 members (excludes halogenated alkanes) is 1. The third-order valence-corrected chi connectivity index (χ3v) is 3.24. The first-order chi connectivity index (χ1) is 8.35. The minimum absolute atomic E-state index is 0.793. The zero-order chi connectivity index (χ0) is 12.8. The van der Waals surface area contributed by atoms with Crippen LogP contribution in [0.5, 0.6) is 0 Å². The smallest absolute Gasteiger partial charge is 0.00206 e. The van der Waals surface area contributed by atoms with Crippen LogP contribution in [0.1, 0.15) is 52.4 Å². The van der Waals surface area contributed by atoms with Crippen molar-refractivity contribution in [1.82, 2.24) is 10.6 Å². The highest BCUT2D eigenvalue weighted by Crippen LogP contribution is 2.10. The van der Waals surface area contributed by atoms with Gasteiger partial charge in [0.2, 0.25) is 0 Å². The van der Waals surface area contributed by atoms with E-state index in [1.807, 2.05) is 0 Å². The van der Waals surface area contributed by atoms with E-state index in [-0.39, 0.29) is 0 Å². The SMILES string of the molecule is CCCCC(CC)CNCCCNCCCN. The third kappa shape index (κ3) is 12.1. The van der Waals surface area contributed by atoms with E-state index < -0.39 is 0 Å². The van der Waals surface area contributed by atoms with Crippen molar-refractivity contribution in [2.75, 3.05) is 32.7 Å². The molecule has 104 valence electrons. The lowest BCUT2D eigenvalue weighted by atomic mass is 9.99. The Morgan fingerprint density at radius 1 is 0.941 bits per heavy atom. The molecule has 4 N–H and O–H groups in total. The second-order valence-electron chi connectivity index (χ2n) is 4.87. The summed E-state index contributed by atoms with van der Waals surface area (Å²) < 4.78 is 0. The Kier molecular flexibility index (Phi) is 13.8. The van der Waals surface area contributed by atoms with Crippen molar-refractivity contribution in [2.24, 2.45) is 11.7 Å². The molecule has 0 aliphatic rings. The Bertz CT molecular complexity index is 139. The van der Waals surface area contributed by atoms with E-state index in [0.717, 1.165) is 38.5 Å². The van der Waals surface area contributed by atoms with Gasteiger partial charge >= 0.3 is 0 Å². The standard InChI is InChI=1S/C14H33N3/c1-3-5-8-14(4-2)13-17-12-7-11-16-10-6-9-15/h14,16-17H,3-13,15H2,1-2H3. The number of nitrogens with one attached hydrogen (secondary N) is 2. The first-order valence-corrected chi connectivity index (χ1v) is 7.46.